The van der Waals surface area contributed by atoms with Gasteiger partial charge in [0, 0.05) is 6.42 Å². The molecule has 0 bridgehead atoms. The third-order valence-electron chi connectivity index (χ3n) is 17.4. The monoisotopic (exact) mass is 1310 g/mol. The highest BCUT2D eigenvalue weighted by atomic mass is 16.7. The summed E-state index contributed by atoms with van der Waals surface area (Å²) in [4.78, 5) is 13.3. The predicted octanol–water partition coefficient (Wildman–Crippen LogP) is 16.1. The van der Waals surface area contributed by atoms with Crippen molar-refractivity contribution in [2.75, 3.05) is 19.8 Å². The second-order valence-electron chi connectivity index (χ2n) is 25.7. The van der Waals surface area contributed by atoms with Crippen LogP contribution in [0, 0.1) is 0 Å². The number of allylic oxidation sites excluding steroid dienone is 19. The van der Waals surface area contributed by atoms with Gasteiger partial charge in [0.1, 0.15) is 48.8 Å². The molecule has 9 N–H and O–H groups in total. The quantitative estimate of drug-likeness (QED) is 0.0204. The number of hydrogen-bond acceptors (Lipinski definition) is 13. The molecular formula is C79H135NO13. The molecule has 2 heterocycles. The predicted molar refractivity (Wildman–Crippen MR) is 382 cm³/mol. The number of carbonyl (C=O) groups excluding carboxylic acids is 1. The van der Waals surface area contributed by atoms with Crippen LogP contribution in [-0.4, -0.2) is 140 Å². The van der Waals surface area contributed by atoms with E-state index in [0.717, 1.165) is 77.0 Å². The molecule has 2 saturated heterocycles. The maximum Gasteiger partial charge on any atom is 0.220 e. The fourth-order valence-corrected chi connectivity index (χ4v) is 11.5. The van der Waals surface area contributed by atoms with Crippen molar-refractivity contribution in [3.63, 3.8) is 0 Å². The van der Waals surface area contributed by atoms with Gasteiger partial charge in [-0.2, -0.15) is 0 Å². The lowest BCUT2D eigenvalue weighted by atomic mass is 9.97. The summed E-state index contributed by atoms with van der Waals surface area (Å²) in [5.41, 5.74) is 0. The van der Waals surface area contributed by atoms with Crippen molar-refractivity contribution < 1.29 is 64.6 Å². The number of ether oxygens (including phenoxy) is 4. The number of aliphatic hydroxyl groups excluding tert-OH is 8. The van der Waals surface area contributed by atoms with E-state index >= 15 is 0 Å². The normalized spacial score (nSPS) is 23.3. The molecule has 534 valence electrons. The Morgan fingerprint density at radius 2 is 0.753 bits per heavy atom. The van der Waals surface area contributed by atoms with Gasteiger partial charge in [0.2, 0.25) is 5.91 Å². The maximum atomic E-state index is 13.3. The Morgan fingerprint density at radius 1 is 0.398 bits per heavy atom. The van der Waals surface area contributed by atoms with Gasteiger partial charge in [0.25, 0.3) is 0 Å². The molecule has 0 saturated carbocycles. The topological polar surface area (TPSA) is 228 Å². The summed E-state index contributed by atoms with van der Waals surface area (Å²) in [5.74, 6) is -0.294. The van der Waals surface area contributed by atoms with Gasteiger partial charge in [0.15, 0.2) is 12.6 Å². The van der Waals surface area contributed by atoms with Crippen LogP contribution in [0.25, 0.3) is 0 Å². The standard InChI is InChI=1S/C79H135NO13/c1-3-5-7-9-11-13-15-17-19-21-23-25-27-29-31-32-33-34-35-37-38-40-42-44-46-48-50-52-54-56-58-60-62-68(83)67(66-90-78-76(89)74(87)77(70(65-82)92-78)93-79-75(88)73(86)72(85)69(64-81)91-79)80-71(84)63-61-59-57-55-53-51-49-47-45-43-41-39-36-30-28-26-24-22-20-18-16-14-12-10-8-6-4-2/h6,8,12,14,18,20,24,26,30,36,41,43,47,49,52-55,60,62,67-70,72-79,81-83,85-89H,3-5,7,9-11,13,15-17,19,21-23,25,27-29,31-35,37-40,42,44-46,48,50-51,56-59,61,63-66H2,1-2H3,(H,80,84)/b8-6-,14-12-,20-18-,26-24-,36-30-,43-41-,49-47-,54-52+,55-53-,62-60+. The SMILES string of the molecule is CC/C=C\C/C=C\C/C=C\C/C=C\C/C=C\C/C=C\C/C=C\C/C=C\CCCCC(=O)NC(COC1OC(CO)C(OC2OC(CO)C(O)C(O)C2O)C(O)C1O)C(O)/C=C/CC/C=C/CCCCCCCCCCCCCCCCCCCCCCCCCCCC. The van der Waals surface area contributed by atoms with E-state index < -0.39 is 86.8 Å². The minimum atomic E-state index is -1.80. The number of rotatable bonds is 60. The summed E-state index contributed by atoms with van der Waals surface area (Å²) in [6.07, 6.45) is 74.1. The maximum absolute atomic E-state index is 13.3. The fourth-order valence-electron chi connectivity index (χ4n) is 11.5. The van der Waals surface area contributed by atoms with Gasteiger partial charge < -0.3 is 65.1 Å². The summed E-state index contributed by atoms with van der Waals surface area (Å²) < 4.78 is 22.8. The number of unbranched alkanes of at least 4 members (excludes halogenated alkanes) is 29. The van der Waals surface area contributed by atoms with Gasteiger partial charge in [-0.25, -0.2) is 0 Å². The van der Waals surface area contributed by atoms with E-state index in [1.165, 1.54) is 167 Å². The van der Waals surface area contributed by atoms with Gasteiger partial charge in [-0.1, -0.05) is 296 Å². The first-order chi connectivity index (χ1) is 45.6. The molecule has 0 aromatic carbocycles. The fraction of sp³-hybridized carbons (Fsp3) is 0.734. The van der Waals surface area contributed by atoms with Crippen LogP contribution >= 0.6 is 0 Å². The minimum Gasteiger partial charge on any atom is -0.394 e. The second-order valence-corrected chi connectivity index (χ2v) is 25.7. The van der Waals surface area contributed by atoms with Crippen LogP contribution in [0.15, 0.2) is 122 Å². The molecule has 2 aliphatic heterocycles. The molecule has 1 amide bonds. The van der Waals surface area contributed by atoms with E-state index in [0.29, 0.717) is 12.8 Å². The van der Waals surface area contributed by atoms with E-state index in [2.05, 4.69) is 129 Å². The number of amides is 1. The average molecular weight is 1310 g/mol. The Morgan fingerprint density at radius 3 is 1.18 bits per heavy atom. The number of carbonyl (C=O) groups is 1. The zero-order valence-corrected chi connectivity index (χ0v) is 58.2. The molecule has 2 aliphatic rings. The summed E-state index contributed by atoms with van der Waals surface area (Å²) in [6, 6.07) is -0.967. The molecule has 2 rings (SSSR count). The third kappa shape index (κ3) is 45.5. The zero-order chi connectivity index (χ0) is 67.3. The Hall–Kier alpha value is -3.61. The highest BCUT2D eigenvalue weighted by molar-refractivity contribution is 5.76. The highest BCUT2D eigenvalue weighted by Crippen LogP contribution is 2.30. The number of nitrogens with one attached hydrogen (secondary N) is 1. The molecule has 0 aromatic rings. The number of hydrogen-bond donors (Lipinski definition) is 9. The van der Waals surface area contributed by atoms with E-state index in [9.17, 15) is 45.6 Å². The van der Waals surface area contributed by atoms with Gasteiger partial charge in [-0.15, -0.1) is 0 Å². The molecule has 2 fully saturated rings. The lowest BCUT2D eigenvalue weighted by molar-refractivity contribution is -0.359. The van der Waals surface area contributed by atoms with E-state index in [4.69, 9.17) is 18.9 Å². The number of aliphatic hydroxyl groups is 8. The Bertz CT molecular complexity index is 2030. The molecule has 12 unspecified atom stereocenters. The lowest BCUT2D eigenvalue weighted by Crippen LogP contribution is -2.65. The van der Waals surface area contributed by atoms with Crippen molar-refractivity contribution in [2.24, 2.45) is 0 Å². The molecule has 93 heavy (non-hydrogen) atoms. The summed E-state index contributed by atoms with van der Waals surface area (Å²) in [5, 5.41) is 87.5. The molecule has 0 aliphatic carbocycles. The van der Waals surface area contributed by atoms with Gasteiger partial charge in [-0.3, -0.25) is 4.79 Å². The van der Waals surface area contributed by atoms with Crippen molar-refractivity contribution in [1.82, 2.24) is 5.32 Å². The zero-order valence-electron chi connectivity index (χ0n) is 58.2. The molecule has 12 atom stereocenters. The minimum absolute atomic E-state index is 0.210. The molecule has 14 heteroatoms. The summed E-state index contributed by atoms with van der Waals surface area (Å²) in [6.45, 7) is 2.66. The van der Waals surface area contributed by atoms with Crippen LogP contribution in [-0.2, 0) is 23.7 Å². The first kappa shape index (κ1) is 85.5. The van der Waals surface area contributed by atoms with E-state index in [1.54, 1.807) is 6.08 Å². The van der Waals surface area contributed by atoms with Crippen LogP contribution in [0.3, 0.4) is 0 Å². The average Bonchev–Trinajstić information content (AvgIpc) is 0.854. The van der Waals surface area contributed by atoms with Crippen LogP contribution in [0.5, 0.6) is 0 Å². The van der Waals surface area contributed by atoms with Crippen molar-refractivity contribution in [3.05, 3.63) is 122 Å². The smallest absolute Gasteiger partial charge is 0.220 e. The third-order valence-corrected chi connectivity index (χ3v) is 17.4. The molecule has 0 radical (unpaired) electrons. The van der Waals surface area contributed by atoms with Crippen LogP contribution in [0.2, 0.25) is 0 Å². The van der Waals surface area contributed by atoms with Crippen molar-refractivity contribution >= 4 is 5.91 Å². The van der Waals surface area contributed by atoms with Crippen LogP contribution in [0.4, 0.5) is 0 Å². The highest BCUT2D eigenvalue weighted by Gasteiger charge is 2.51. The van der Waals surface area contributed by atoms with Gasteiger partial charge >= 0.3 is 0 Å². The van der Waals surface area contributed by atoms with Crippen LogP contribution < -0.4 is 5.32 Å². The molecular weight excluding hydrogens is 1170 g/mol. The van der Waals surface area contributed by atoms with Gasteiger partial charge in [-0.05, 0) is 96.3 Å². The van der Waals surface area contributed by atoms with E-state index in [1.807, 2.05) is 6.08 Å². The second kappa shape index (κ2) is 61.9. The van der Waals surface area contributed by atoms with E-state index in [-0.39, 0.29) is 18.9 Å². The molecule has 0 spiro atoms. The first-order valence-electron chi connectivity index (χ1n) is 37.3. The Kier molecular flexibility index (Phi) is 56.9. The Labute approximate surface area is 565 Å². The molecule has 0 aromatic heterocycles. The van der Waals surface area contributed by atoms with Crippen molar-refractivity contribution in [3.8, 4) is 0 Å². The first-order valence-corrected chi connectivity index (χ1v) is 37.3. The Balaban J connectivity index is 1.70. The summed E-state index contributed by atoms with van der Waals surface area (Å²) in [7, 11) is 0. The lowest BCUT2D eigenvalue weighted by Gasteiger charge is -2.46. The summed E-state index contributed by atoms with van der Waals surface area (Å²) >= 11 is 0. The van der Waals surface area contributed by atoms with Gasteiger partial charge in [0.05, 0.1) is 32.0 Å². The molecule has 14 nitrogen and oxygen atoms in total. The van der Waals surface area contributed by atoms with Crippen LogP contribution in [0.1, 0.15) is 277 Å². The van der Waals surface area contributed by atoms with Crippen molar-refractivity contribution in [1.29, 1.82) is 0 Å². The van der Waals surface area contributed by atoms with Crippen molar-refractivity contribution in [2.45, 2.75) is 351 Å². The largest absolute Gasteiger partial charge is 0.394 e.